The van der Waals surface area contributed by atoms with Crippen molar-refractivity contribution >= 4 is 29.3 Å². The van der Waals surface area contributed by atoms with E-state index in [2.05, 4.69) is 34.8 Å². The van der Waals surface area contributed by atoms with Gasteiger partial charge in [-0.15, -0.1) is 10.2 Å². The van der Waals surface area contributed by atoms with Crippen molar-refractivity contribution in [2.24, 2.45) is 5.92 Å². The Bertz CT molecular complexity index is 1070. The molecule has 31 heavy (non-hydrogen) atoms. The number of nitrogens with one attached hydrogen (secondary N) is 2. The largest absolute Gasteiger partial charge is 0.495 e. The topological polar surface area (TPSA) is 81.1 Å². The number of benzene rings is 2. The number of carbonyl (C=O) groups excluding carboxylic acids is 1. The van der Waals surface area contributed by atoms with Gasteiger partial charge in [0.1, 0.15) is 11.0 Å². The third-order valence-corrected chi connectivity index (χ3v) is 6.46. The first-order chi connectivity index (χ1) is 15.0. The van der Waals surface area contributed by atoms with Gasteiger partial charge in [0.15, 0.2) is 5.82 Å². The zero-order valence-corrected chi connectivity index (χ0v) is 19.1. The number of hydrogen-bond acceptors (Lipinski definition) is 6. The minimum Gasteiger partial charge on any atom is -0.495 e. The summed E-state index contributed by atoms with van der Waals surface area (Å²) in [4.78, 5) is 13.1. The lowest BCUT2D eigenvalue weighted by Gasteiger charge is -2.33. The average Bonchev–Trinajstić information content (AvgIpc) is 3.20. The highest BCUT2D eigenvalue weighted by atomic mass is 35.5. The van der Waals surface area contributed by atoms with Crippen LogP contribution >= 0.6 is 23.4 Å². The van der Waals surface area contributed by atoms with Crippen molar-refractivity contribution < 1.29 is 9.53 Å². The molecule has 4 rings (SSSR count). The quantitative estimate of drug-likeness (QED) is 0.579. The predicted molar refractivity (Wildman–Crippen MR) is 123 cm³/mol. The van der Waals surface area contributed by atoms with Crippen molar-refractivity contribution in [3.8, 4) is 17.1 Å². The van der Waals surface area contributed by atoms with Gasteiger partial charge >= 0.3 is 0 Å². The van der Waals surface area contributed by atoms with E-state index in [9.17, 15) is 4.79 Å². The van der Waals surface area contributed by atoms with Crippen LogP contribution in [0.5, 0.6) is 5.75 Å². The first kappa shape index (κ1) is 21.5. The van der Waals surface area contributed by atoms with Gasteiger partial charge in [0.05, 0.1) is 18.2 Å². The van der Waals surface area contributed by atoms with Gasteiger partial charge in [0.25, 0.3) is 0 Å². The first-order valence-corrected chi connectivity index (χ1v) is 11.3. The molecular formula is C22H24ClN5O2S. The van der Waals surface area contributed by atoms with Crippen LogP contribution < -0.4 is 15.5 Å². The fourth-order valence-electron chi connectivity index (χ4n) is 3.36. The smallest absolute Gasteiger partial charge is 0.236 e. The second-order valence-electron chi connectivity index (χ2n) is 7.69. The summed E-state index contributed by atoms with van der Waals surface area (Å²) in [5, 5.41) is 12.4. The molecule has 0 saturated heterocycles. The summed E-state index contributed by atoms with van der Waals surface area (Å²) in [6, 6.07) is 15.0. The number of hydrogen-bond donors (Lipinski definition) is 2. The lowest BCUT2D eigenvalue weighted by atomic mass is 10.0. The molecule has 9 heteroatoms. The van der Waals surface area contributed by atoms with Gasteiger partial charge in [0, 0.05) is 12.1 Å². The number of nitrogens with zero attached hydrogens (tertiary/aromatic N) is 3. The van der Waals surface area contributed by atoms with Gasteiger partial charge in [-0.05, 0) is 23.6 Å². The molecule has 0 spiro atoms. The molecule has 1 aliphatic heterocycles. The number of rotatable bonds is 6. The molecule has 0 bridgehead atoms. The van der Waals surface area contributed by atoms with Crippen LogP contribution in [0.25, 0.3) is 11.4 Å². The lowest BCUT2D eigenvalue weighted by Crippen LogP contribution is -2.44. The maximum Gasteiger partial charge on any atom is 0.236 e. The molecule has 7 nitrogen and oxygen atoms in total. The van der Waals surface area contributed by atoms with Gasteiger partial charge in [0.2, 0.25) is 11.1 Å². The molecule has 0 radical (unpaired) electrons. The number of amides is 1. The molecular weight excluding hydrogens is 434 g/mol. The van der Waals surface area contributed by atoms with Crippen LogP contribution in [-0.4, -0.2) is 39.7 Å². The standard InChI is InChI=1S/C22H24ClN5O2S/c1-13(2)12-24-21(29)19-18(15-9-10-17(30-3)16(23)11-15)27-28-20(25-26-22(28)31-19)14-7-5-4-6-8-14/h4-11,13,18-19,27H,12H2,1-3H3,(H,24,29)/t18-,19+/m0/s1. The molecule has 2 aromatic carbocycles. The summed E-state index contributed by atoms with van der Waals surface area (Å²) in [6.07, 6.45) is 0. The van der Waals surface area contributed by atoms with Crippen molar-refractivity contribution in [2.45, 2.75) is 30.3 Å². The van der Waals surface area contributed by atoms with Crippen molar-refractivity contribution in [2.75, 3.05) is 19.1 Å². The van der Waals surface area contributed by atoms with E-state index in [1.54, 1.807) is 7.11 Å². The Hall–Kier alpha value is -2.71. The molecule has 3 aromatic rings. The molecule has 0 fully saturated rings. The molecule has 0 aliphatic carbocycles. The van der Waals surface area contributed by atoms with Gasteiger partial charge in [-0.1, -0.05) is 73.6 Å². The molecule has 2 N–H and O–H groups in total. The van der Waals surface area contributed by atoms with Gasteiger partial charge in [-0.2, -0.15) is 0 Å². The third-order valence-electron chi connectivity index (χ3n) is 4.95. The molecule has 162 valence electrons. The highest BCUT2D eigenvalue weighted by Gasteiger charge is 2.38. The van der Waals surface area contributed by atoms with Crippen LogP contribution in [0.3, 0.4) is 0 Å². The minimum absolute atomic E-state index is 0.0568. The van der Waals surface area contributed by atoms with E-state index < -0.39 is 5.25 Å². The molecule has 2 heterocycles. The normalized spacial score (nSPS) is 17.7. The Balaban J connectivity index is 1.72. The Morgan fingerprint density at radius 3 is 2.71 bits per heavy atom. The number of fused-ring (bicyclic) bond motifs is 1. The molecule has 1 amide bonds. The van der Waals surface area contributed by atoms with Crippen LogP contribution in [0.15, 0.2) is 53.7 Å². The van der Waals surface area contributed by atoms with Crippen molar-refractivity contribution in [3.05, 3.63) is 59.1 Å². The number of halogens is 1. The monoisotopic (exact) mass is 457 g/mol. The Kier molecular flexibility index (Phi) is 6.38. The predicted octanol–water partition coefficient (Wildman–Crippen LogP) is 4.14. The van der Waals surface area contributed by atoms with E-state index in [1.807, 2.05) is 53.2 Å². The van der Waals surface area contributed by atoms with Gasteiger partial charge in [-0.3, -0.25) is 4.79 Å². The van der Waals surface area contributed by atoms with Crippen molar-refractivity contribution in [1.29, 1.82) is 0 Å². The summed E-state index contributed by atoms with van der Waals surface area (Å²) < 4.78 is 7.13. The fourth-order valence-corrected chi connectivity index (χ4v) is 4.73. The van der Waals surface area contributed by atoms with E-state index in [0.717, 1.165) is 11.1 Å². The van der Waals surface area contributed by atoms with Crippen molar-refractivity contribution in [3.63, 3.8) is 0 Å². The highest BCUT2D eigenvalue weighted by Crippen LogP contribution is 2.40. The second-order valence-corrected chi connectivity index (χ2v) is 9.20. The van der Waals surface area contributed by atoms with Crippen LogP contribution in [0.4, 0.5) is 0 Å². The maximum atomic E-state index is 13.1. The van der Waals surface area contributed by atoms with Crippen LogP contribution in [-0.2, 0) is 4.79 Å². The van der Waals surface area contributed by atoms with E-state index in [0.29, 0.717) is 34.2 Å². The Morgan fingerprint density at radius 1 is 1.26 bits per heavy atom. The summed E-state index contributed by atoms with van der Waals surface area (Å²) >= 11 is 7.78. The number of ether oxygens (including phenoxy) is 1. The van der Waals surface area contributed by atoms with E-state index in [4.69, 9.17) is 16.3 Å². The van der Waals surface area contributed by atoms with Crippen LogP contribution in [0, 0.1) is 5.92 Å². The van der Waals surface area contributed by atoms with E-state index >= 15 is 0 Å². The molecule has 1 aromatic heterocycles. The van der Waals surface area contributed by atoms with Crippen LogP contribution in [0.2, 0.25) is 5.02 Å². The van der Waals surface area contributed by atoms with Gasteiger partial charge < -0.3 is 15.5 Å². The fraction of sp³-hybridized carbons (Fsp3) is 0.318. The molecule has 0 unspecified atom stereocenters. The number of aromatic nitrogens is 3. The summed E-state index contributed by atoms with van der Waals surface area (Å²) in [7, 11) is 1.58. The number of carbonyl (C=O) groups is 1. The lowest BCUT2D eigenvalue weighted by molar-refractivity contribution is -0.121. The van der Waals surface area contributed by atoms with Gasteiger partial charge in [-0.25, -0.2) is 4.68 Å². The first-order valence-electron chi connectivity index (χ1n) is 10.0. The number of methoxy groups -OCH3 is 1. The highest BCUT2D eigenvalue weighted by molar-refractivity contribution is 8.00. The summed E-state index contributed by atoms with van der Waals surface area (Å²) in [5.41, 5.74) is 5.26. The molecule has 2 atom stereocenters. The van der Waals surface area contributed by atoms with E-state index in [1.165, 1.54) is 11.8 Å². The van der Waals surface area contributed by atoms with Crippen LogP contribution in [0.1, 0.15) is 25.5 Å². The zero-order chi connectivity index (χ0) is 22.0. The Morgan fingerprint density at radius 2 is 2.03 bits per heavy atom. The van der Waals surface area contributed by atoms with Crippen molar-refractivity contribution in [1.82, 2.24) is 20.2 Å². The molecule has 0 saturated carbocycles. The third kappa shape index (κ3) is 4.50. The second kappa shape index (κ2) is 9.20. The maximum absolute atomic E-state index is 13.1. The minimum atomic E-state index is -0.441. The number of thioether (sulfide) groups is 1. The van der Waals surface area contributed by atoms with E-state index in [-0.39, 0.29) is 11.9 Å². The zero-order valence-electron chi connectivity index (χ0n) is 17.5. The SMILES string of the molecule is COc1ccc([C@@H]2Nn3c(nnc3-c3ccccc3)S[C@H]2C(=O)NCC(C)C)cc1Cl. The average molecular weight is 458 g/mol. The summed E-state index contributed by atoms with van der Waals surface area (Å²) in [6.45, 7) is 4.74. The molecule has 1 aliphatic rings. The summed E-state index contributed by atoms with van der Waals surface area (Å²) in [5.74, 6) is 1.57. The Labute approximate surface area is 190 Å².